The van der Waals surface area contributed by atoms with E-state index in [0.29, 0.717) is 0 Å². The number of unbranched alkanes of at least 4 members (excludes halogenated alkanes) is 1. The van der Waals surface area contributed by atoms with Gasteiger partial charge in [0.25, 0.3) is 5.56 Å². The Morgan fingerprint density at radius 2 is 1.94 bits per heavy atom. The molecule has 0 radical (unpaired) electrons. The normalized spacial score (nSPS) is 10.7. The molecule has 0 spiro atoms. The number of aryl methyl sites for hydroxylation is 1. The van der Waals surface area contributed by atoms with E-state index in [2.05, 4.69) is 12.0 Å². The fourth-order valence-corrected chi connectivity index (χ4v) is 1.94. The molecule has 0 unspecified atom stereocenters. The molecule has 0 bridgehead atoms. The Morgan fingerprint density at radius 3 is 2.59 bits per heavy atom. The highest BCUT2D eigenvalue weighted by molar-refractivity contribution is 5.61. The molecule has 0 fully saturated rings. The van der Waals surface area contributed by atoms with Gasteiger partial charge in [0.15, 0.2) is 0 Å². The van der Waals surface area contributed by atoms with Crippen LogP contribution in [0.4, 0.5) is 0 Å². The molecule has 1 N–H and O–H groups in total. The van der Waals surface area contributed by atoms with Gasteiger partial charge in [0.2, 0.25) is 0 Å². The minimum absolute atomic E-state index is 0.0947. The highest BCUT2D eigenvalue weighted by atomic mass is 16.1. The molecule has 1 aromatic carbocycles. The number of rotatable bonds is 4. The molecule has 2 aromatic rings. The van der Waals surface area contributed by atoms with Gasteiger partial charge in [0.05, 0.1) is 5.69 Å². The quantitative estimate of drug-likeness (QED) is 0.861. The van der Waals surface area contributed by atoms with E-state index in [1.807, 2.05) is 37.3 Å². The van der Waals surface area contributed by atoms with E-state index in [9.17, 15) is 4.79 Å². The van der Waals surface area contributed by atoms with E-state index in [0.717, 1.165) is 36.2 Å². The SMILES string of the molecule is CCCCn1[nH]c(-c2ccccc2)c(C)c1=O. The molecule has 17 heavy (non-hydrogen) atoms. The number of aromatic amines is 1. The number of nitrogens with zero attached hydrogens (tertiary/aromatic N) is 1. The molecular weight excluding hydrogens is 212 g/mol. The molecule has 0 aliphatic carbocycles. The van der Waals surface area contributed by atoms with Gasteiger partial charge in [-0.05, 0) is 18.9 Å². The molecule has 0 saturated carbocycles. The zero-order valence-corrected chi connectivity index (χ0v) is 10.4. The van der Waals surface area contributed by atoms with Gasteiger partial charge < -0.3 is 0 Å². The van der Waals surface area contributed by atoms with E-state index >= 15 is 0 Å². The first-order valence-electron chi connectivity index (χ1n) is 6.09. The Balaban J connectivity index is 2.40. The lowest BCUT2D eigenvalue weighted by atomic mass is 10.1. The summed E-state index contributed by atoms with van der Waals surface area (Å²) in [6, 6.07) is 9.98. The molecule has 90 valence electrons. The molecule has 0 aliphatic heterocycles. The van der Waals surface area contributed by atoms with Crippen LogP contribution in [0.25, 0.3) is 11.3 Å². The molecule has 0 saturated heterocycles. The van der Waals surface area contributed by atoms with Crippen molar-refractivity contribution in [3.63, 3.8) is 0 Å². The van der Waals surface area contributed by atoms with E-state index < -0.39 is 0 Å². The van der Waals surface area contributed by atoms with Crippen molar-refractivity contribution in [3.05, 3.63) is 46.2 Å². The second-order valence-corrected chi connectivity index (χ2v) is 4.29. The van der Waals surface area contributed by atoms with Crippen molar-refractivity contribution < 1.29 is 0 Å². The number of nitrogens with one attached hydrogen (secondary N) is 1. The minimum atomic E-state index is 0.0947. The summed E-state index contributed by atoms with van der Waals surface area (Å²) in [5.41, 5.74) is 2.90. The molecule has 0 amide bonds. The monoisotopic (exact) mass is 230 g/mol. The van der Waals surface area contributed by atoms with Crippen LogP contribution in [0.5, 0.6) is 0 Å². The van der Waals surface area contributed by atoms with Crippen molar-refractivity contribution in [3.8, 4) is 11.3 Å². The third kappa shape index (κ3) is 2.33. The molecule has 2 rings (SSSR count). The molecule has 1 heterocycles. The molecule has 0 aliphatic rings. The average Bonchev–Trinajstić information content (AvgIpc) is 2.65. The minimum Gasteiger partial charge on any atom is -0.295 e. The van der Waals surface area contributed by atoms with E-state index in [1.165, 1.54) is 0 Å². The van der Waals surface area contributed by atoms with Crippen molar-refractivity contribution in [2.24, 2.45) is 0 Å². The lowest BCUT2D eigenvalue weighted by molar-refractivity contribution is 0.558. The summed E-state index contributed by atoms with van der Waals surface area (Å²) >= 11 is 0. The number of benzene rings is 1. The Labute approximate surface area is 101 Å². The zero-order chi connectivity index (χ0) is 12.3. The summed E-state index contributed by atoms with van der Waals surface area (Å²) in [7, 11) is 0. The standard InChI is InChI=1S/C14H18N2O/c1-3-4-10-16-14(17)11(2)13(15-16)12-8-6-5-7-9-12/h5-9,15H,3-4,10H2,1-2H3. The van der Waals surface area contributed by atoms with E-state index in [4.69, 9.17) is 0 Å². The maximum atomic E-state index is 12.0. The Kier molecular flexibility index (Phi) is 3.47. The highest BCUT2D eigenvalue weighted by Crippen LogP contribution is 2.18. The van der Waals surface area contributed by atoms with Gasteiger partial charge in [0.1, 0.15) is 0 Å². The second-order valence-electron chi connectivity index (χ2n) is 4.29. The third-order valence-corrected chi connectivity index (χ3v) is 2.99. The van der Waals surface area contributed by atoms with Crippen LogP contribution < -0.4 is 5.56 Å². The molecule has 3 heteroatoms. The van der Waals surface area contributed by atoms with Gasteiger partial charge in [-0.15, -0.1) is 0 Å². The van der Waals surface area contributed by atoms with Crippen LogP contribution in [0.2, 0.25) is 0 Å². The Bertz CT molecular complexity index is 537. The summed E-state index contributed by atoms with van der Waals surface area (Å²) in [5, 5.41) is 3.20. The Morgan fingerprint density at radius 1 is 1.24 bits per heavy atom. The lowest BCUT2D eigenvalue weighted by Crippen LogP contribution is -2.17. The van der Waals surface area contributed by atoms with Crippen LogP contribution in [0, 0.1) is 6.92 Å². The second kappa shape index (κ2) is 5.04. The number of hydrogen-bond acceptors (Lipinski definition) is 1. The predicted molar refractivity (Wildman–Crippen MR) is 70.1 cm³/mol. The molecular formula is C14H18N2O. The Hall–Kier alpha value is -1.77. The van der Waals surface area contributed by atoms with Crippen molar-refractivity contribution in [1.82, 2.24) is 9.78 Å². The largest absolute Gasteiger partial charge is 0.295 e. The van der Waals surface area contributed by atoms with Crippen LogP contribution in [0.3, 0.4) is 0 Å². The van der Waals surface area contributed by atoms with Gasteiger partial charge in [-0.25, -0.2) is 0 Å². The van der Waals surface area contributed by atoms with Crippen molar-refractivity contribution in [2.75, 3.05) is 0 Å². The molecule has 1 aromatic heterocycles. The maximum Gasteiger partial charge on any atom is 0.270 e. The first-order chi connectivity index (χ1) is 8.24. The fourth-order valence-electron chi connectivity index (χ4n) is 1.94. The van der Waals surface area contributed by atoms with Gasteiger partial charge in [-0.1, -0.05) is 43.7 Å². The van der Waals surface area contributed by atoms with Gasteiger partial charge >= 0.3 is 0 Å². The highest BCUT2D eigenvalue weighted by Gasteiger charge is 2.10. The van der Waals surface area contributed by atoms with Crippen LogP contribution >= 0.6 is 0 Å². The number of aromatic nitrogens is 2. The molecule has 0 atom stereocenters. The molecule has 3 nitrogen and oxygen atoms in total. The van der Waals surface area contributed by atoms with Crippen molar-refractivity contribution in [2.45, 2.75) is 33.2 Å². The first-order valence-corrected chi connectivity index (χ1v) is 6.09. The number of hydrogen-bond donors (Lipinski definition) is 1. The third-order valence-electron chi connectivity index (χ3n) is 2.99. The fraction of sp³-hybridized carbons (Fsp3) is 0.357. The van der Waals surface area contributed by atoms with Crippen LogP contribution in [0.15, 0.2) is 35.1 Å². The summed E-state index contributed by atoms with van der Waals surface area (Å²) in [6.45, 7) is 4.77. The maximum absolute atomic E-state index is 12.0. The van der Waals surface area contributed by atoms with Gasteiger partial charge in [-0.3, -0.25) is 14.6 Å². The average molecular weight is 230 g/mol. The summed E-state index contributed by atoms with van der Waals surface area (Å²) in [4.78, 5) is 12.0. The summed E-state index contributed by atoms with van der Waals surface area (Å²) < 4.78 is 1.71. The zero-order valence-electron chi connectivity index (χ0n) is 10.4. The van der Waals surface area contributed by atoms with Crippen molar-refractivity contribution >= 4 is 0 Å². The topological polar surface area (TPSA) is 37.8 Å². The summed E-state index contributed by atoms with van der Waals surface area (Å²) in [5.74, 6) is 0. The lowest BCUT2D eigenvalue weighted by Gasteiger charge is -2.00. The van der Waals surface area contributed by atoms with Gasteiger partial charge in [0, 0.05) is 12.1 Å². The van der Waals surface area contributed by atoms with Crippen LogP contribution in [-0.2, 0) is 6.54 Å². The van der Waals surface area contributed by atoms with Crippen molar-refractivity contribution in [1.29, 1.82) is 0 Å². The van der Waals surface area contributed by atoms with E-state index in [1.54, 1.807) is 4.68 Å². The smallest absolute Gasteiger partial charge is 0.270 e. The van der Waals surface area contributed by atoms with Crippen LogP contribution in [-0.4, -0.2) is 9.78 Å². The van der Waals surface area contributed by atoms with E-state index in [-0.39, 0.29) is 5.56 Å². The summed E-state index contributed by atoms with van der Waals surface area (Å²) in [6.07, 6.45) is 2.11. The van der Waals surface area contributed by atoms with Gasteiger partial charge in [-0.2, -0.15) is 0 Å². The predicted octanol–water partition coefficient (Wildman–Crippen LogP) is 2.95. The first kappa shape index (κ1) is 11.7. The van der Waals surface area contributed by atoms with Crippen LogP contribution in [0.1, 0.15) is 25.3 Å². The number of H-pyrrole nitrogens is 1.